The number of carbonyl (C=O) groups is 5. The second-order valence-electron chi connectivity index (χ2n) is 6.59. The van der Waals surface area contributed by atoms with Crippen molar-refractivity contribution in [1.29, 1.82) is 0 Å². The highest BCUT2D eigenvalue weighted by Gasteiger charge is 2.54. The number of ketones is 1. The molecule has 1 saturated heterocycles. The highest BCUT2D eigenvalue weighted by molar-refractivity contribution is 8.00. The summed E-state index contributed by atoms with van der Waals surface area (Å²) in [6.45, 7) is 1.32. The quantitative estimate of drug-likeness (QED) is 0.0689. The van der Waals surface area contributed by atoms with Gasteiger partial charge in [-0.05, 0) is 12.5 Å². The molecule has 188 valence electrons. The Kier molecular flexibility index (Phi) is 10.6. The largest absolute Gasteiger partial charge is 0.508 e. The fourth-order valence-corrected chi connectivity index (χ4v) is 4.48. The molecule has 0 aliphatic carbocycles. The van der Waals surface area contributed by atoms with E-state index in [0.717, 1.165) is 7.11 Å². The van der Waals surface area contributed by atoms with Crippen LogP contribution in [0.3, 0.4) is 0 Å². The molecule has 0 saturated carbocycles. The Morgan fingerprint density at radius 1 is 1.18 bits per heavy atom. The first-order valence-corrected chi connectivity index (χ1v) is 11.5. The van der Waals surface area contributed by atoms with Crippen LogP contribution in [0, 0.1) is 0 Å². The number of Topliss-reactive ketones (excluding diaryl/α,β-unsaturated/α-hetero) is 1. The number of amides is 2. The van der Waals surface area contributed by atoms with Gasteiger partial charge in [-0.25, -0.2) is 9.59 Å². The van der Waals surface area contributed by atoms with Gasteiger partial charge in [-0.2, -0.15) is 0 Å². The molecule has 2 heterocycles. The number of ether oxygens (including phenoxy) is 4. The molecule has 1 fully saturated rings. The molecule has 2 aliphatic rings. The van der Waals surface area contributed by atoms with Gasteiger partial charge in [0.05, 0.1) is 19.1 Å². The van der Waals surface area contributed by atoms with E-state index in [4.69, 9.17) is 25.8 Å². The number of methoxy groups -OCH3 is 1. The number of hydrogen-bond donors (Lipinski definition) is 1. The van der Waals surface area contributed by atoms with Gasteiger partial charge in [-0.3, -0.25) is 19.3 Å². The number of oxime groups is 1. The van der Waals surface area contributed by atoms with Crippen molar-refractivity contribution >= 4 is 58.8 Å². The Bertz CT molecular complexity index is 894. The van der Waals surface area contributed by atoms with Crippen LogP contribution in [0.1, 0.15) is 6.92 Å². The maximum atomic E-state index is 12.9. The summed E-state index contributed by atoms with van der Waals surface area (Å²) in [4.78, 5) is 66.8. The maximum absolute atomic E-state index is 12.9. The zero-order valence-electron chi connectivity index (χ0n) is 18.7. The minimum atomic E-state index is -1.03. The molecule has 2 atom stereocenters. The van der Waals surface area contributed by atoms with E-state index in [-0.39, 0.29) is 32.1 Å². The molecule has 1 N–H and O–H groups in total. The lowest BCUT2D eigenvalue weighted by atomic mass is 10.0. The first-order valence-electron chi connectivity index (χ1n) is 9.94. The third-order valence-corrected chi connectivity index (χ3v) is 6.01. The molecule has 2 amide bonds. The molecule has 0 bridgehead atoms. The van der Waals surface area contributed by atoms with Gasteiger partial charge in [-0.1, -0.05) is 5.16 Å². The molecule has 1 unspecified atom stereocenters. The molecule has 15 heteroatoms. The van der Waals surface area contributed by atoms with Crippen molar-refractivity contribution in [3.63, 3.8) is 0 Å². The van der Waals surface area contributed by atoms with Crippen molar-refractivity contribution in [1.82, 2.24) is 10.2 Å². The summed E-state index contributed by atoms with van der Waals surface area (Å²) >= 11 is 6.78. The Hall–Kier alpha value is -2.84. The molecule has 0 aromatic heterocycles. The number of esters is 1. The lowest BCUT2D eigenvalue weighted by Crippen LogP contribution is -2.71. The molecule has 2 aliphatic heterocycles. The smallest absolute Gasteiger partial charge is 0.457 e. The Morgan fingerprint density at radius 2 is 1.88 bits per heavy atom. The first-order chi connectivity index (χ1) is 16.3. The summed E-state index contributed by atoms with van der Waals surface area (Å²) in [5.74, 6) is -3.31. The van der Waals surface area contributed by atoms with Gasteiger partial charge >= 0.3 is 12.1 Å². The van der Waals surface area contributed by atoms with E-state index < -0.39 is 52.7 Å². The molecule has 13 nitrogen and oxygen atoms in total. The highest BCUT2D eigenvalue weighted by atomic mass is 35.5. The van der Waals surface area contributed by atoms with E-state index in [2.05, 4.69) is 20.0 Å². The fourth-order valence-electron chi connectivity index (χ4n) is 3.03. The second kappa shape index (κ2) is 13.2. The Morgan fingerprint density at radius 3 is 2.50 bits per heavy atom. The monoisotopic (exact) mass is 521 g/mol. The first kappa shape index (κ1) is 27.4. The SMILES string of the molecule is CCOC(=O)OCCOC(=O)C1=C(COC)CS[C@H]2C(NC(=O)C(=NOC)C(=O)CCl)C(=O)N12. The van der Waals surface area contributed by atoms with Crippen LogP contribution in [0.25, 0.3) is 0 Å². The van der Waals surface area contributed by atoms with Crippen LogP contribution in [0.15, 0.2) is 16.4 Å². The molecular weight excluding hydrogens is 498 g/mol. The summed E-state index contributed by atoms with van der Waals surface area (Å²) in [5, 5.41) is 5.17. The van der Waals surface area contributed by atoms with Crippen molar-refractivity contribution < 1.29 is 47.8 Å². The number of rotatable bonds is 12. The van der Waals surface area contributed by atoms with E-state index in [1.54, 1.807) is 6.92 Å². The maximum Gasteiger partial charge on any atom is 0.508 e. The van der Waals surface area contributed by atoms with E-state index in [1.807, 2.05) is 0 Å². The average Bonchev–Trinajstić information content (AvgIpc) is 2.82. The molecular formula is C19H24ClN3O10S. The van der Waals surface area contributed by atoms with Crippen molar-refractivity contribution in [2.45, 2.75) is 18.3 Å². The van der Waals surface area contributed by atoms with E-state index in [0.29, 0.717) is 11.3 Å². The summed E-state index contributed by atoms with van der Waals surface area (Å²) in [5.41, 5.74) is -0.0848. The molecule has 0 spiro atoms. The molecule has 0 radical (unpaired) electrons. The number of nitrogens with one attached hydrogen (secondary N) is 1. The summed E-state index contributed by atoms with van der Waals surface area (Å²) in [6, 6.07) is -1.03. The van der Waals surface area contributed by atoms with E-state index >= 15 is 0 Å². The number of nitrogens with zero attached hydrogens (tertiary/aromatic N) is 2. The predicted molar refractivity (Wildman–Crippen MR) is 118 cm³/mol. The average molecular weight is 522 g/mol. The zero-order chi connectivity index (χ0) is 25.3. The van der Waals surface area contributed by atoms with Gasteiger partial charge in [0.15, 0.2) is 0 Å². The zero-order valence-corrected chi connectivity index (χ0v) is 20.2. The number of β-lactam (4-membered cyclic amide) rings is 1. The van der Waals surface area contributed by atoms with Crippen LogP contribution in [0.5, 0.6) is 0 Å². The van der Waals surface area contributed by atoms with Gasteiger partial charge in [0, 0.05) is 12.9 Å². The standard InChI is InChI=1S/C19H24ClN3O10S/c1-4-31-19(28)33-6-5-32-18(27)14-10(8-29-2)9-34-17-13(16(26)23(14)17)21-15(25)12(22-30-3)11(24)7-20/h13,17H,4-9H2,1-3H3,(H,21,25)/t13?,17-/m0/s1. The number of thioether (sulfide) groups is 1. The van der Waals surface area contributed by atoms with Crippen molar-refractivity contribution in [3.8, 4) is 0 Å². The number of alkyl halides is 1. The van der Waals surface area contributed by atoms with Crippen LogP contribution in [0.2, 0.25) is 0 Å². The molecule has 2 rings (SSSR count). The predicted octanol–water partition coefficient (Wildman–Crippen LogP) is -0.187. The Labute approximate surface area is 204 Å². The van der Waals surface area contributed by atoms with Crippen LogP contribution in [-0.4, -0.2) is 104 Å². The van der Waals surface area contributed by atoms with Gasteiger partial charge < -0.3 is 29.1 Å². The van der Waals surface area contributed by atoms with Crippen LogP contribution >= 0.6 is 23.4 Å². The molecule has 34 heavy (non-hydrogen) atoms. The highest BCUT2D eigenvalue weighted by Crippen LogP contribution is 2.40. The second-order valence-corrected chi connectivity index (χ2v) is 7.97. The Balaban J connectivity index is 2.09. The summed E-state index contributed by atoms with van der Waals surface area (Å²) < 4.78 is 19.6. The van der Waals surface area contributed by atoms with Crippen LogP contribution in [-0.2, 0) is 43.0 Å². The van der Waals surface area contributed by atoms with E-state index in [1.165, 1.54) is 23.8 Å². The normalized spacial score (nSPS) is 19.6. The fraction of sp³-hybridized carbons (Fsp3) is 0.579. The van der Waals surface area contributed by atoms with Crippen LogP contribution < -0.4 is 5.32 Å². The lowest BCUT2D eigenvalue weighted by molar-refractivity contribution is -0.153. The van der Waals surface area contributed by atoms with Gasteiger partial charge in [0.1, 0.15) is 37.4 Å². The minimum absolute atomic E-state index is 0.0140. The third-order valence-electron chi connectivity index (χ3n) is 4.43. The van der Waals surface area contributed by atoms with E-state index in [9.17, 15) is 24.0 Å². The summed E-state index contributed by atoms with van der Waals surface area (Å²) in [6.07, 6.45) is -0.896. The number of fused-ring (bicyclic) bond motifs is 1. The number of hydrogen-bond acceptors (Lipinski definition) is 12. The number of halogens is 1. The van der Waals surface area contributed by atoms with Gasteiger partial charge in [0.25, 0.3) is 11.8 Å². The van der Waals surface area contributed by atoms with Crippen LogP contribution in [0.4, 0.5) is 4.79 Å². The minimum Gasteiger partial charge on any atom is -0.457 e. The summed E-state index contributed by atoms with van der Waals surface area (Å²) in [7, 11) is 2.59. The lowest BCUT2D eigenvalue weighted by Gasteiger charge is -2.49. The molecule has 0 aromatic rings. The van der Waals surface area contributed by atoms with Gasteiger partial charge in [-0.15, -0.1) is 23.4 Å². The van der Waals surface area contributed by atoms with Crippen molar-refractivity contribution in [3.05, 3.63) is 11.3 Å². The number of carbonyl (C=O) groups excluding carboxylic acids is 5. The third kappa shape index (κ3) is 6.39. The molecule has 0 aromatic carbocycles. The van der Waals surface area contributed by atoms with Crippen molar-refractivity contribution in [2.24, 2.45) is 5.16 Å². The topological polar surface area (TPSA) is 159 Å². The van der Waals surface area contributed by atoms with Gasteiger partial charge in [0.2, 0.25) is 11.5 Å². The van der Waals surface area contributed by atoms with Crippen molar-refractivity contribution in [2.75, 3.05) is 52.3 Å².